The van der Waals surface area contributed by atoms with Crippen molar-refractivity contribution in [3.63, 3.8) is 0 Å². The Morgan fingerprint density at radius 1 is 1.24 bits per heavy atom. The molecule has 0 spiro atoms. The van der Waals surface area contributed by atoms with E-state index in [4.69, 9.17) is 11.0 Å². The van der Waals surface area contributed by atoms with Gasteiger partial charge in [-0.05, 0) is 40.2 Å². The Morgan fingerprint density at radius 2 is 2.10 bits per heavy atom. The van der Waals surface area contributed by atoms with Crippen LogP contribution in [0.15, 0.2) is 53.3 Å². The lowest BCUT2D eigenvalue weighted by Gasteiger charge is -2.00. The molecule has 3 rings (SSSR count). The van der Waals surface area contributed by atoms with Gasteiger partial charge in [-0.1, -0.05) is 12.1 Å². The number of nitrogens with zero attached hydrogens (tertiary/aromatic N) is 4. The summed E-state index contributed by atoms with van der Waals surface area (Å²) in [6.07, 6.45) is 3.41. The van der Waals surface area contributed by atoms with E-state index < -0.39 is 0 Å². The molecule has 0 aliphatic heterocycles. The molecule has 1 aromatic carbocycles. The van der Waals surface area contributed by atoms with Crippen molar-refractivity contribution in [3.05, 3.63) is 58.8 Å². The molecule has 5 nitrogen and oxygen atoms in total. The van der Waals surface area contributed by atoms with Gasteiger partial charge in [0.1, 0.15) is 5.69 Å². The van der Waals surface area contributed by atoms with Crippen LogP contribution in [0.4, 0.5) is 5.69 Å². The van der Waals surface area contributed by atoms with Gasteiger partial charge in [0.25, 0.3) is 0 Å². The number of pyridine rings is 1. The summed E-state index contributed by atoms with van der Waals surface area (Å²) >= 11 is 3.34. The van der Waals surface area contributed by atoms with Gasteiger partial charge in [-0.15, -0.1) is 0 Å². The maximum absolute atomic E-state index is 8.97. The molecule has 0 unspecified atom stereocenters. The zero-order valence-electron chi connectivity index (χ0n) is 10.9. The van der Waals surface area contributed by atoms with E-state index in [0.29, 0.717) is 22.8 Å². The summed E-state index contributed by atoms with van der Waals surface area (Å²) in [5.41, 5.74) is 8.58. The van der Waals surface area contributed by atoms with Crippen molar-refractivity contribution in [2.24, 2.45) is 0 Å². The lowest BCUT2D eigenvalue weighted by Crippen LogP contribution is -1.97. The molecular formula is C15H10BrN5. The number of nitriles is 1. The molecule has 2 N–H and O–H groups in total. The Balaban J connectivity index is 2.05. The van der Waals surface area contributed by atoms with Crippen molar-refractivity contribution in [3.8, 4) is 23.1 Å². The van der Waals surface area contributed by atoms with E-state index in [0.717, 1.165) is 10.0 Å². The Labute approximate surface area is 129 Å². The summed E-state index contributed by atoms with van der Waals surface area (Å²) in [6, 6.07) is 13.0. The second kappa shape index (κ2) is 5.38. The standard InChI is InChI=1S/C15H10BrN5/c16-12-4-5-14(19-8-12)21-9-13(18)15(20-21)11-3-1-2-10(6-11)7-17/h1-6,8-9H,18H2. The molecule has 3 aromatic rings. The van der Waals surface area contributed by atoms with E-state index in [1.54, 1.807) is 29.2 Å². The van der Waals surface area contributed by atoms with Gasteiger partial charge < -0.3 is 5.73 Å². The van der Waals surface area contributed by atoms with E-state index in [2.05, 4.69) is 32.1 Å². The molecule has 0 radical (unpaired) electrons. The van der Waals surface area contributed by atoms with Gasteiger partial charge in [0.15, 0.2) is 5.82 Å². The topological polar surface area (TPSA) is 80.5 Å². The molecule has 2 aromatic heterocycles. The van der Waals surface area contributed by atoms with E-state index in [1.165, 1.54) is 0 Å². The average molecular weight is 340 g/mol. The summed E-state index contributed by atoms with van der Waals surface area (Å²) in [4.78, 5) is 4.28. The fourth-order valence-electron chi connectivity index (χ4n) is 1.97. The molecule has 0 aliphatic carbocycles. The van der Waals surface area contributed by atoms with Gasteiger partial charge >= 0.3 is 0 Å². The highest BCUT2D eigenvalue weighted by molar-refractivity contribution is 9.10. The van der Waals surface area contributed by atoms with Crippen molar-refractivity contribution in [1.29, 1.82) is 5.26 Å². The smallest absolute Gasteiger partial charge is 0.153 e. The molecule has 6 heteroatoms. The van der Waals surface area contributed by atoms with Crippen LogP contribution in [0.1, 0.15) is 5.56 Å². The Hall–Kier alpha value is -2.65. The first-order valence-corrected chi connectivity index (χ1v) is 6.94. The fourth-order valence-corrected chi connectivity index (χ4v) is 2.20. The predicted octanol–water partition coefficient (Wildman–Crippen LogP) is 3.15. The van der Waals surface area contributed by atoms with E-state index in [-0.39, 0.29) is 0 Å². The van der Waals surface area contributed by atoms with Crippen LogP contribution in [-0.2, 0) is 0 Å². The summed E-state index contributed by atoms with van der Waals surface area (Å²) < 4.78 is 2.52. The number of anilines is 1. The number of rotatable bonds is 2. The first-order chi connectivity index (χ1) is 10.2. The largest absolute Gasteiger partial charge is 0.396 e. The van der Waals surface area contributed by atoms with Crippen molar-refractivity contribution >= 4 is 21.6 Å². The van der Waals surface area contributed by atoms with Crippen LogP contribution >= 0.6 is 15.9 Å². The molecule has 0 saturated carbocycles. The maximum Gasteiger partial charge on any atom is 0.153 e. The maximum atomic E-state index is 8.97. The second-order valence-corrected chi connectivity index (χ2v) is 5.32. The zero-order chi connectivity index (χ0) is 14.8. The van der Waals surface area contributed by atoms with Crippen LogP contribution in [0.25, 0.3) is 17.1 Å². The number of nitrogen functional groups attached to an aromatic ring is 1. The number of halogens is 1. The molecule has 21 heavy (non-hydrogen) atoms. The number of aromatic nitrogens is 3. The summed E-state index contributed by atoms with van der Waals surface area (Å²) in [7, 11) is 0. The van der Waals surface area contributed by atoms with Gasteiger partial charge in [0, 0.05) is 16.2 Å². The molecule has 0 fully saturated rings. The molecule has 0 aliphatic rings. The first-order valence-electron chi connectivity index (χ1n) is 6.15. The third-order valence-corrected chi connectivity index (χ3v) is 3.42. The average Bonchev–Trinajstić information content (AvgIpc) is 2.90. The highest BCUT2D eigenvalue weighted by Gasteiger charge is 2.10. The van der Waals surface area contributed by atoms with Crippen LogP contribution in [-0.4, -0.2) is 14.8 Å². The van der Waals surface area contributed by atoms with E-state index >= 15 is 0 Å². The van der Waals surface area contributed by atoms with Gasteiger partial charge in [0.05, 0.1) is 23.5 Å². The quantitative estimate of drug-likeness (QED) is 0.777. The lowest BCUT2D eigenvalue weighted by atomic mass is 10.1. The minimum Gasteiger partial charge on any atom is -0.396 e. The van der Waals surface area contributed by atoms with Crippen molar-refractivity contribution in [2.45, 2.75) is 0 Å². The second-order valence-electron chi connectivity index (χ2n) is 4.40. The number of hydrogen-bond acceptors (Lipinski definition) is 4. The molecule has 0 amide bonds. The Bertz CT molecular complexity index is 830. The summed E-state index contributed by atoms with van der Waals surface area (Å²) in [6.45, 7) is 0. The van der Waals surface area contributed by atoms with Crippen LogP contribution < -0.4 is 5.73 Å². The lowest BCUT2D eigenvalue weighted by molar-refractivity contribution is 0.849. The van der Waals surface area contributed by atoms with Crippen LogP contribution in [0.3, 0.4) is 0 Å². The van der Waals surface area contributed by atoms with Gasteiger partial charge in [-0.25, -0.2) is 9.67 Å². The van der Waals surface area contributed by atoms with Crippen molar-refractivity contribution in [1.82, 2.24) is 14.8 Å². The summed E-state index contributed by atoms with van der Waals surface area (Å²) in [5, 5.41) is 13.4. The Kier molecular flexibility index (Phi) is 3.42. The third-order valence-electron chi connectivity index (χ3n) is 2.95. The minimum absolute atomic E-state index is 0.537. The van der Waals surface area contributed by atoms with Crippen LogP contribution in [0.2, 0.25) is 0 Å². The van der Waals surface area contributed by atoms with Crippen LogP contribution in [0.5, 0.6) is 0 Å². The minimum atomic E-state index is 0.537. The number of nitrogens with two attached hydrogens (primary N) is 1. The predicted molar refractivity (Wildman–Crippen MR) is 83.6 cm³/mol. The molecule has 0 saturated heterocycles. The Morgan fingerprint density at radius 3 is 2.81 bits per heavy atom. The molecule has 0 bridgehead atoms. The molecule has 0 atom stereocenters. The molecule has 2 heterocycles. The third kappa shape index (κ3) is 2.64. The monoisotopic (exact) mass is 339 g/mol. The van der Waals surface area contributed by atoms with Crippen molar-refractivity contribution < 1.29 is 0 Å². The van der Waals surface area contributed by atoms with E-state index in [1.807, 2.05) is 24.3 Å². The highest BCUT2D eigenvalue weighted by Crippen LogP contribution is 2.25. The zero-order valence-corrected chi connectivity index (χ0v) is 12.4. The highest BCUT2D eigenvalue weighted by atomic mass is 79.9. The van der Waals surface area contributed by atoms with Gasteiger partial charge in [-0.2, -0.15) is 10.4 Å². The molecular weight excluding hydrogens is 330 g/mol. The van der Waals surface area contributed by atoms with Gasteiger partial charge in [0.2, 0.25) is 0 Å². The van der Waals surface area contributed by atoms with Crippen LogP contribution in [0, 0.1) is 11.3 Å². The number of hydrogen-bond donors (Lipinski definition) is 1. The fraction of sp³-hybridized carbons (Fsp3) is 0. The number of benzene rings is 1. The van der Waals surface area contributed by atoms with Crippen molar-refractivity contribution in [2.75, 3.05) is 5.73 Å². The first kappa shape index (κ1) is 13.3. The van der Waals surface area contributed by atoms with E-state index in [9.17, 15) is 0 Å². The summed E-state index contributed by atoms with van der Waals surface area (Å²) in [5.74, 6) is 0.674. The molecule has 102 valence electrons. The normalized spacial score (nSPS) is 10.3. The SMILES string of the molecule is N#Cc1cccc(-c2nn(-c3ccc(Br)cn3)cc2N)c1. The van der Waals surface area contributed by atoms with Gasteiger partial charge in [-0.3, -0.25) is 0 Å².